The first-order valence-electron chi connectivity index (χ1n) is 7.26. The molecule has 21 heavy (non-hydrogen) atoms. The highest BCUT2D eigenvalue weighted by atomic mass is 16.1. The predicted octanol–water partition coefficient (Wildman–Crippen LogP) is 2.63. The van der Waals surface area contributed by atoms with Gasteiger partial charge in [-0.3, -0.25) is 9.20 Å². The summed E-state index contributed by atoms with van der Waals surface area (Å²) in [5.74, 6) is 0. The lowest BCUT2D eigenvalue weighted by molar-refractivity contribution is 0.297. The second-order valence-corrected chi connectivity index (χ2v) is 6.99. The lowest BCUT2D eigenvalue weighted by Crippen LogP contribution is -2.53. The SMILES string of the molecule is CC1(C)C=C(c2cc(=O)n3ccccc3n2)CC(C)(C)N1. The fourth-order valence-corrected chi connectivity index (χ4v) is 3.30. The van der Waals surface area contributed by atoms with Crippen LogP contribution < -0.4 is 10.9 Å². The zero-order chi connectivity index (χ0) is 15.3. The van der Waals surface area contributed by atoms with Crippen LogP contribution in [0.25, 0.3) is 11.2 Å². The Bertz CT molecular complexity index is 784. The molecule has 0 fully saturated rings. The maximum Gasteiger partial charge on any atom is 0.258 e. The van der Waals surface area contributed by atoms with Crippen LogP contribution in [0.5, 0.6) is 0 Å². The molecule has 2 aromatic heterocycles. The van der Waals surface area contributed by atoms with Crippen LogP contribution in [0.3, 0.4) is 0 Å². The quantitative estimate of drug-likeness (QED) is 0.875. The van der Waals surface area contributed by atoms with Crippen LogP contribution in [0.4, 0.5) is 0 Å². The largest absolute Gasteiger partial charge is 0.303 e. The third kappa shape index (κ3) is 2.76. The summed E-state index contributed by atoms with van der Waals surface area (Å²) < 4.78 is 1.57. The fourth-order valence-electron chi connectivity index (χ4n) is 3.30. The Morgan fingerprint density at radius 2 is 2.00 bits per heavy atom. The van der Waals surface area contributed by atoms with Crippen molar-refractivity contribution in [2.75, 3.05) is 0 Å². The first kappa shape index (κ1) is 14.0. The van der Waals surface area contributed by atoms with Gasteiger partial charge in [0.25, 0.3) is 5.56 Å². The minimum Gasteiger partial charge on any atom is -0.303 e. The van der Waals surface area contributed by atoms with E-state index in [4.69, 9.17) is 0 Å². The Kier molecular flexibility index (Phi) is 3.02. The minimum absolute atomic E-state index is 0.0168. The van der Waals surface area contributed by atoms with Gasteiger partial charge in [0.2, 0.25) is 0 Å². The van der Waals surface area contributed by atoms with Gasteiger partial charge in [-0.1, -0.05) is 12.1 Å². The topological polar surface area (TPSA) is 46.4 Å². The maximum absolute atomic E-state index is 12.2. The van der Waals surface area contributed by atoms with Crippen LogP contribution in [-0.4, -0.2) is 20.5 Å². The van der Waals surface area contributed by atoms with E-state index < -0.39 is 0 Å². The van der Waals surface area contributed by atoms with E-state index in [9.17, 15) is 4.79 Å². The first-order valence-corrected chi connectivity index (χ1v) is 7.26. The number of hydrogen-bond donors (Lipinski definition) is 1. The molecule has 0 spiro atoms. The summed E-state index contributed by atoms with van der Waals surface area (Å²) in [4.78, 5) is 16.9. The Morgan fingerprint density at radius 1 is 1.24 bits per heavy atom. The molecule has 0 atom stereocenters. The number of nitrogens with zero attached hydrogens (tertiary/aromatic N) is 2. The highest BCUT2D eigenvalue weighted by Crippen LogP contribution is 2.32. The summed E-state index contributed by atoms with van der Waals surface area (Å²) in [6.45, 7) is 8.63. The Balaban J connectivity index is 2.16. The van der Waals surface area contributed by atoms with Crippen LogP contribution in [0.15, 0.2) is 41.3 Å². The van der Waals surface area contributed by atoms with Crippen molar-refractivity contribution in [3.8, 4) is 0 Å². The van der Waals surface area contributed by atoms with E-state index in [1.165, 1.54) is 0 Å². The lowest BCUT2D eigenvalue weighted by atomic mass is 9.82. The zero-order valence-electron chi connectivity index (χ0n) is 13.0. The molecule has 4 nitrogen and oxygen atoms in total. The average Bonchev–Trinajstić information content (AvgIpc) is 2.35. The normalized spacial score (nSPS) is 20.3. The average molecular weight is 283 g/mol. The molecule has 0 saturated carbocycles. The van der Waals surface area contributed by atoms with Gasteiger partial charge in [0.1, 0.15) is 5.65 Å². The van der Waals surface area contributed by atoms with Crippen molar-refractivity contribution in [2.45, 2.75) is 45.2 Å². The smallest absolute Gasteiger partial charge is 0.258 e. The van der Waals surface area contributed by atoms with Gasteiger partial charge in [-0.15, -0.1) is 0 Å². The highest BCUT2D eigenvalue weighted by Gasteiger charge is 2.33. The van der Waals surface area contributed by atoms with Gasteiger partial charge in [-0.05, 0) is 51.8 Å². The summed E-state index contributed by atoms with van der Waals surface area (Å²) >= 11 is 0. The molecule has 0 unspecified atom stereocenters. The standard InChI is InChI=1S/C17H21N3O/c1-16(2)10-12(11-17(3,4)19-16)13-9-15(21)20-8-6-5-7-14(20)18-13/h5-10,19H,11H2,1-4H3. The monoisotopic (exact) mass is 283 g/mol. The molecule has 1 N–H and O–H groups in total. The molecule has 110 valence electrons. The number of aromatic nitrogens is 2. The summed E-state index contributed by atoms with van der Waals surface area (Å²) in [6.07, 6.45) is 4.78. The third-order valence-electron chi connectivity index (χ3n) is 3.73. The second-order valence-electron chi connectivity index (χ2n) is 6.99. The number of hydrogen-bond acceptors (Lipinski definition) is 3. The third-order valence-corrected chi connectivity index (χ3v) is 3.73. The highest BCUT2D eigenvalue weighted by molar-refractivity contribution is 5.67. The van der Waals surface area contributed by atoms with Gasteiger partial charge in [0, 0.05) is 23.3 Å². The summed E-state index contributed by atoms with van der Waals surface area (Å²) in [5, 5.41) is 3.60. The molecular formula is C17H21N3O. The molecule has 2 aromatic rings. The number of fused-ring (bicyclic) bond motifs is 1. The van der Waals surface area contributed by atoms with Gasteiger partial charge >= 0.3 is 0 Å². The van der Waals surface area contributed by atoms with E-state index in [2.05, 4.69) is 44.1 Å². The predicted molar refractivity (Wildman–Crippen MR) is 85.3 cm³/mol. The van der Waals surface area contributed by atoms with E-state index in [0.29, 0.717) is 5.65 Å². The van der Waals surface area contributed by atoms with E-state index in [1.54, 1.807) is 16.7 Å². The van der Waals surface area contributed by atoms with Crippen LogP contribution >= 0.6 is 0 Å². The van der Waals surface area contributed by atoms with Crippen molar-refractivity contribution in [3.63, 3.8) is 0 Å². The Labute approximate surface area is 124 Å². The van der Waals surface area contributed by atoms with Crippen molar-refractivity contribution in [3.05, 3.63) is 52.6 Å². The number of rotatable bonds is 1. The molecule has 0 aliphatic carbocycles. The molecule has 0 saturated heterocycles. The van der Waals surface area contributed by atoms with Gasteiger partial charge < -0.3 is 5.32 Å². The molecule has 0 amide bonds. The van der Waals surface area contributed by atoms with Gasteiger partial charge in [-0.25, -0.2) is 4.98 Å². The lowest BCUT2D eigenvalue weighted by Gasteiger charge is -2.41. The van der Waals surface area contributed by atoms with Crippen molar-refractivity contribution in [1.29, 1.82) is 0 Å². The van der Waals surface area contributed by atoms with Crippen LogP contribution in [0, 0.1) is 0 Å². The summed E-state index contributed by atoms with van der Waals surface area (Å²) in [6, 6.07) is 7.24. The first-order chi connectivity index (χ1) is 9.76. The van der Waals surface area contributed by atoms with E-state index in [-0.39, 0.29) is 16.6 Å². The Morgan fingerprint density at radius 3 is 2.71 bits per heavy atom. The summed E-state index contributed by atoms with van der Waals surface area (Å²) in [7, 11) is 0. The molecule has 0 radical (unpaired) electrons. The van der Waals surface area contributed by atoms with Crippen LogP contribution in [-0.2, 0) is 0 Å². The minimum atomic E-state index is -0.111. The van der Waals surface area contributed by atoms with E-state index in [0.717, 1.165) is 17.7 Å². The molecule has 0 aromatic carbocycles. The Hall–Kier alpha value is -1.94. The van der Waals surface area contributed by atoms with Crippen molar-refractivity contribution in [2.24, 2.45) is 0 Å². The van der Waals surface area contributed by atoms with Crippen molar-refractivity contribution < 1.29 is 0 Å². The molecule has 1 aliphatic heterocycles. The molecule has 0 bridgehead atoms. The van der Waals surface area contributed by atoms with E-state index >= 15 is 0 Å². The number of pyridine rings is 1. The van der Waals surface area contributed by atoms with Gasteiger partial charge in [0.15, 0.2) is 0 Å². The van der Waals surface area contributed by atoms with Gasteiger partial charge in [0.05, 0.1) is 5.69 Å². The van der Waals surface area contributed by atoms with Crippen LogP contribution in [0.1, 0.15) is 39.8 Å². The zero-order valence-corrected chi connectivity index (χ0v) is 13.0. The molecule has 3 rings (SSSR count). The van der Waals surface area contributed by atoms with Crippen molar-refractivity contribution in [1.82, 2.24) is 14.7 Å². The van der Waals surface area contributed by atoms with Crippen molar-refractivity contribution >= 4 is 11.2 Å². The van der Waals surface area contributed by atoms with Gasteiger partial charge in [-0.2, -0.15) is 0 Å². The number of nitrogens with one attached hydrogen (secondary N) is 1. The fraction of sp³-hybridized carbons (Fsp3) is 0.412. The maximum atomic E-state index is 12.2. The molecule has 3 heterocycles. The summed E-state index contributed by atoms with van der Waals surface area (Å²) in [5.41, 5.74) is 2.44. The molecule has 1 aliphatic rings. The molecular weight excluding hydrogens is 262 g/mol. The van der Waals surface area contributed by atoms with Crippen LogP contribution in [0.2, 0.25) is 0 Å². The molecule has 4 heteroatoms. The van der Waals surface area contributed by atoms with E-state index in [1.807, 2.05) is 18.2 Å². The second kappa shape index (κ2) is 4.53.